The summed E-state index contributed by atoms with van der Waals surface area (Å²) in [6, 6.07) is 17.7. The molecular formula is C19H23NO2S. The van der Waals surface area contributed by atoms with Crippen LogP contribution in [-0.2, 0) is 27.9 Å². The summed E-state index contributed by atoms with van der Waals surface area (Å²) in [5.74, 6) is 0.333. The Balaban J connectivity index is 1.98. The minimum Gasteiger partial charge on any atom is -0.340 e. The number of carbonyl (C=O) groups is 1. The molecule has 2 unspecified atom stereocenters. The van der Waals surface area contributed by atoms with E-state index in [0.717, 1.165) is 16.7 Å². The first kappa shape index (κ1) is 17.4. The van der Waals surface area contributed by atoms with Crippen molar-refractivity contribution in [3.8, 4) is 0 Å². The Bertz CT molecular complexity index is 685. The number of amides is 1. The lowest BCUT2D eigenvalue weighted by atomic mass is 10.1. The molecule has 4 heteroatoms. The van der Waals surface area contributed by atoms with Gasteiger partial charge in [0.1, 0.15) is 5.25 Å². The normalized spacial score (nSPS) is 13.3. The number of hydrogen-bond donors (Lipinski definition) is 0. The number of hydrogen-bond acceptors (Lipinski definition) is 2. The quantitative estimate of drug-likeness (QED) is 0.815. The van der Waals surface area contributed by atoms with Gasteiger partial charge < -0.3 is 4.90 Å². The maximum Gasteiger partial charge on any atom is 0.238 e. The zero-order valence-corrected chi connectivity index (χ0v) is 14.7. The second kappa shape index (κ2) is 8.06. The largest absolute Gasteiger partial charge is 0.340 e. The summed E-state index contributed by atoms with van der Waals surface area (Å²) in [5.41, 5.74) is 3.22. The first-order valence-corrected chi connectivity index (χ1v) is 9.08. The molecule has 0 saturated carbocycles. The lowest BCUT2D eigenvalue weighted by Crippen LogP contribution is -2.37. The number of carbonyl (C=O) groups excluding carboxylic acids is 1. The predicted molar refractivity (Wildman–Crippen MR) is 95.4 cm³/mol. The van der Waals surface area contributed by atoms with E-state index >= 15 is 0 Å². The van der Waals surface area contributed by atoms with E-state index in [-0.39, 0.29) is 5.91 Å². The van der Waals surface area contributed by atoms with Crippen molar-refractivity contribution >= 4 is 16.7 Å². The molecule has 0 aliphatic carbocycles. The smallest absolute Gasteiger partial charge is 0.238 e. The second-order valence-electron chi connectivity index (χ2n) is 5.77. The van der Waals surface area contributed by atoms with Crippen molar-refractivity contribution in [1.29, 1.82) is 0 Å². The second-order valence-corrected chi connectivity index (χ2v) is 7.53. The van der Waals surface area contributed by atoms with Crippen molar-refractivity contribution < 1.29 is 9.00 Å². The van der Waals surface area contributed by atoms with Crippen LogP contribution in [-0.4, -0.2) is 27.3 Å². The van der Waals surface area contributed by atoms with Crippen LogP contribution in [0.3, 0.4) is 0 Å². The van der Waals surface area contributed by atoms with Gasteiger partial charge in [0, 0.05) is 30.1 Å². The highest BCUT2D eigenvalue weighted by atomic mass is 32.2. The predicted octanol–water partition coefficient (Wildman–Crippen LogP) is 3.29. The fraction of sp³-hybridized carbons (Fsp3) is 0.316. The fourth-order valence-corrected chi connectivity index (χ4v) is 3.69. The Hall–Kier alpha value is -1.94. The average molecular weight is 329 g/mol. The van der Waals surface area contributed by atoms with E-state index in [1.807, 2.05) is 61.5 Å². The van der Waals surface area contributed by atoms with E-state index in [1.54, 1.807) is 18.9 Å². The van der Waals surface area contributed by atoms with E-state index in [1.165, 1.54) is 0 Å². The van der Waals surface area contributed by atoms with Crippen LogP contribution in [0.5, 0.6) is 0 Å². The van der Waals surface area contributed by atoms with Gasteiger partial charge in [-0.2, -0.15) is 0 Å². The molecule has 0 radical (unpaired) electrons. The molecule has 0 aliphatic rings. The Morgan fingerprint density at radius 3 is 2.35 bits per heavy atom. The summed E-state index contributed by atoms with van der Waals surface area (Å²) in [6.07, 6.45) is 0. The van der Waals surface area contributed by atoms with Gasteiger partial charge in [-0.25, -0.2) is 0 Å². The molecule has 3 nitrogen and oxygen atoms in total. The van der Waals surface area contributed by atoms with Gasteiger partial charge in [-0.15, -0.1) is 0 Å². The zero-order chi connectivity index (χ0) is 16.8. The Labute approximate surface area is 140 Å². The van der Waals surface area contributed by atoms with Crippen molar-refractivity contribution in [2.24, 2.45) is 0 Å². The van der Waals surface area contributed by atoms with Gasteiger partial charge in [-0.05, 0) is 30.5 Å². The molecule has 0 aliphatic heterocycles. The van der Waals surface area contributed by atoms with E-state index < -0.39 is 16.0 Å². The van der Waals surface area contributed by atoms with Gasteiger partial charge in [-0.3, -0.25) is 9.00 Å². The third-order valence-corrected chi connectivity index (χ3v) is 5.53. The molecule has 0 saturated heterocycles. The van der Waals surface area contributed by atoms with Crippen molar-refractivity contribution in [1.82, 2.24) is 4.90 Å². The van der Waals surface area contributed by atoms with Crippen molar-refractivity contribution in [2.45, 2.75) is 31.4 Å². The first-order valence-electron chi connectivity index (χ1n) is 7.69. The summed E-state index contributed by atoms with van der Waals surface area (Å²) < 4.78 is 12.5. The van der Waals surface area contributed by atoms with Crippen LogP contribution >= 0.6 is 0 Å². The summed E-state index contributed by atoms with van der Waals surface area (Å²) in [5, 5.41) is -0.511. The van der Waals surface area contributed by atoms with Gasteiger partial charge in [0.25, 0.3) is 0 Å². The highest BCUT2D eigenvalue weighted by molar-refractivity contribution is 7.85. The van der Waals surface area contributed by atoms with Gasteiger partial charge in [-0.1, -0.05) is 54.6 Å². The Morgan fingerprint density at radius 1 is 1.09 bits per heavy atom. The highest BCUT2D eigenvalue weighted by Crippen LogP contribution is 2.14. The minimum absolute atomic E-state index is 0.0826. The third-order valence-electron chi connectivity index (χ3n) is 3.94. The summed E-state index contributed by atoms with van der Waals surface area (Å²) in [4.78, 5) is 14.1. The molecule has 2 aromatic carbocycles. The molecular weight excluding hydrogens is 306 g/mol. The van der Waals surface area contributed by atoms with Gasteiger partial charge >= 0.3 is 0 Å². The lowest BCUT2D eigenvalue weighted by molar-refractivity contribution is -0.129. The number of rotatable bonds is 6. The maximum absolute atomic E-state index is 12.5. The monoisotopic (exact) mass is 329 g/mol. The Kier molecular flexibility index (Phi) is 6.11. The molecule has 1 amide bonds. The van der Waals surface area contributed by atoms with Gasteiger partial charge in [0.2, 0.25) is 5.91 Å². The average Bonchev–Trinajstić information content (AvgIpc) is 2.56. The third kappa shape index (κ3) is 4.76. The molecule has 23 heavy (non-hydrogen) atoms. The minimum atomic E-state index is -1.23. The molecule has 0 heterocycles. The SMILES string of the molecule is Cc1ccccc1CS(=O)C(C)C(=O)N(C)Cc1ccccc1. The molecule has 2 aromatic rings. The zero-order valence-electron chi connectivity index (χ0n) is 13.9. The molecule has 2 rings (SSSR count). The van der Waals surface area contributed by atoms with E-state index in [4.69, 9.17) is 0 Å². The van der Waals surface area contributed by atoms with Gasteiger partial charge in [0.15, 0.2) is 0 Å². The summed E-state index contributed by atoms with van der Waals surface area (Å²) in [7, 11) is 0.535. The highest BCUT2D eigenvalue weighted by Gasteiger charge is 2.23. The van der Waals surface area contributed by atoms with Crippen LogP contribution in [0, 0.1) is 6.92 Å². The van der Waals surface area contributed by atoms with E-state index in [9.17, 15) is 9.00 Å². The van der Waals surface area contributed by atoms with Crippen LogP contribution < -0.4 is 0 Å². The molecule has 0 aromatic heterocycles. The van der Waals surface area contributed by atoms with Crippen LogP contribution in [0.1, 0.15) is 23.6 Å². The van der Waals surface area contributed by atoms with E-state index in [0.29, 0.717) is 12.3 Å². The van der Waals surface area contributed by atoms with Crippen LogP contribution in [0.25, 0.3) is 0 Å². The molecule has 122 valence electrons. The molecule has 0 fully saturated rings. The maximum atomic E-state index is 12.5. The summed E-state index contributed by atoms with van der Waals surface area (Å²) >= 11 is 0. The number of aryl methyl sites for hydroxylation is 1. The topological polar surface area (TPSA) is 37.4 Å². The molecule has 2 atom stereocenters. The van der Waals surface area contributed by atoms with Crippen molar-refractivity contribution in [3.05, 3.63) is 71.3 Å². The summed E-state index contributed by atoms with van der Waals surface area (Å²) in [6.45, 7) is 4.28. The van der Waals surface area contributed by atoms with Crippen LogP contribution in [0.15, 0.2) is 54.6 Å². The van der Waals surface area contributed by atoms with Crippen LogP contribution in [0.4, 0.5) is 0 Å². The standard InChI is InChI=1S/C19H23NO2S/c1-15-9-7-8-12-18(15)14-23(22)16(2)19(21)20(3)13-17-10-5-4-6-11-17/h4-12,16H,13-14H2,1-3H3. The van der Waals surface area contributed by atoms with Crippen molar-refractivity contribution in [3.63, 3.8) is 0 Å². The van der Waals surface area contributed by atoms with Gasteiger partial charge in [0.05, 0.1) is 0 Å². The molecule has 0 bridgehead atoms. The number of nitrogens with zero attached hydrogens (tertiary/aromatic N) is 1. The van der Waals surface area contributed by atoms with Crippen molar-refractivity contribution in [2.75, 3.05) is 7.05 Å². The number of benzene rings is 2. The lowest BCUT2D eigenvalue weighted by Gasteiger charge is -2.21. The molecule has 0 spiro atoms. The fourth-order valence-electron chi connectivity index (χ4n) is 2.41. The molecule has 0 N–H and O–H groups in total. The van der Waals surface area contributed by atoms with E-state index in [2.05, 4.69) is 0 Å². The Morgan fingerprint density at radius 2 is 1.70 bits per heavy atom. The first-order chi connectivity index (χ1) is 11.0. The van der Waals surface area contributed by atoms with Crippen LogP contribution in [0.2, 0.25) is 0 Å².